The summed E-state index contributed by atoms with van der Waals surface area (Å²) < 4.78 is 0. The quantitative estimate of drug-likeness (QED) is 0.455. The molecule has 1 aliphatic heterocycles. The molecule has 3 fully saturated rings. The molecule has 182 valence electrons. The van der Waals surface area contributed by atoms with Crippen LogP contribution >= 0.6 is 11.8 Å². The number of amides is 1. The Morgan fingerprint density at radius 3 is 2.58 bits per heavy atom. The lowest BCUT2D eigenvalue weighted by Crippen LogP contribution is -2.43. The summed E-state index contributed by atoms with van der Waals surface area (Å²) in [4.78, 5) is 34.4. The molecule has 1 atom stereocenters. The molecule has 2 heterocycles. The van der Waals surface area contributed by atoms with Gasteiger partial charge in [0.05, 0.1) is 5.56 Å². The molecule has 0 radical (unpaired) electrons. The van der Waals surface area contributed by atoms with E-state index in [1.54, 1.807) is 11.8 Å². The van der Waals surface area contributed by atoms with E-state index in [9.17, 15) is 14.7 Å². The van der Waals surface area contributed by atoms with Crippen molar-refractivity contribution in [3.05, 3.63) is 17.7 Å². The van der Waals surface area contributed by atoms with Crippen LogP contribution in [0.3, 0.4) is 0 Å². The van der Waals surface area contributed by atoms with Crippen LogP contribution in [0, 0.1) is 11.8 Å². The zero-order valence-corrected chi connectivity index (χ0v) is 20.8. The van der Waals surface area contributed by atoms with E-state index in [4.69, 9.17) is 4.98 Å². The third-order valence-electron chi connectivity index (χ3n) is 7.25. The van der Waals surface area contributed by atoms with Gasteiger partial charge >= 0.3 is 5.97 Å². The number of anilines is 1. The molecule has 1 amide bonds. The van der Waals surface area contributed by atoms with Crippen molar-refractivity contribution in [2.45, 2.75) is 88.6 Å². The van der Waals surface area contributed by atoms with Crippen molar-refractivity contribution in [3.8, 4) is 0 Å². The number of hydrogen-bond donors (Lipinski definition) is 1. The number of carbonyl (C=O) groups excluding carboxylic acids is 1. The third-order valence-corrected chi connectivity index (χ3v) is 8.45. The second-order valence-corrected chi connectivity index (χ2v) is 11.2. The summed E-state index contributed by atoms with van der Waals surface area (Å²) in [6.45, 7) is 4.66. The SMILES string of the molecule is CCCSc1nc(N2CCC[C@@H](CC(=O)O)C2)ccc1C(=O)N(CC1CC1)C1CCCCC1. The zero-order valence-electron chi connectivity index (χ0n) is 20.0. The molecule has 3 aliphatic rings. The summed E-state index contributed by atoms with van der Waals surface area (Å²) in [6.07, 6.45) is 11.7. The lowest BCUT2D eigenvalue weighted by atomic mass is 9.93. The molecule has 0 spiro atoms. The number of rotatable bonds is 10. The molecule has 1 aromatic heterocycles. The molecule has 0 unspecified atom stereocenters. The fraction of sp³-hybridized carbons (Fsp3) is 0.731. The molecular weight excluding hydrogens is 434 g/mol. The molecule has 7 heteroatoms. The Balaban J connectivity index is 1.56. The van der Waals surface area contributed by atoms with E-state index in [-0.39, 0.29) is 18.2 Å². The molecule has 1 aromatic rings. The number of carboxylic acid groups (broad SMARTS) is 1. The maximum absolute atomic E-state index is 13.8. The van der Waals surface area contributed by atoms with Crippen LogP contribution in [0.2, 0.25) is 0 Å². The molecule has 2 saturated carbocycles. The first kappa shape index (κ1) is 24.4. The Kier molecular flexibility index (Phi) is 8.55. The first-order chi connectivity index (χ1) is 16.0. The monoisotopic (exact) mass is 473 g/mol. The summed E-state index contributed by atoms with van der Waals surface area (Å²) >= 11 is 1.68. The molecule has 33 heavy (non-hydrogen) atoms. The fourth-order valence-corrected chi connectivity index (χ4v) is 6.16. The topological polar surface area (TPSA) is 73.7 Å². The van der Waals surface area contributed by atoms with Gasteiger partial charge in [-0.3, -0.25) is 9.59 Å². The first-order valence-corrected chi connectivity index (χ1v) is 13.9. The Hall–Kier alpha value is -1.76. The Morgan fingerprint density at radius 2 is 1.88 bits per heavy atom. The van der Waals surface area contributed by atoms with Gasteiger partial charge in [-0.1, -0.05) is 26.2 Å². The number of aliphatic carboxylic acids is 1. The number of carboxylic acids is 1. The average Bonchev–Trinajstić information content (AvgIpc) is 3.65. The van der Waals surface area contributed by atoms with E-state index in [1.165, 1.54) is 32.1 Å². The van der Waals surface area contributed by atoms with Crippen molar-refractivity contribution < 1.29 is 14.7 Å². The van der Waals surface area contributed by atoms with Gasteiger partial charge < -0.3 is 14.9 Å². The normalized spacial score (nSPS) is 21.7. The summed E-state index contributed by atoms with van der Waals surface area (Å²) in [5.41, 5.74) is 0.752. The minimum Gasteiger partial charge on any atom is -0.481 e. The Labute approximate surface area is 202 Å². The van der Waals surface area contributed by atoms with E-state index < -0.39 is 5.97 Å². The first-order valence-electron chi connectivity index (χ1n) is 13.0. The molecule has 0 bridgehead atoms. The third kappa shape index (κ3) is 6.65. The predicted octanol–water partition coefficient (Wildman–Crippen LogP) is 5.46. The number of thioether (sulfide) groups is 1. The lowest BCUT2D eigenvalue weighted by molar-refractivity contribution is -0.138. The molecule has 2 aliphatic carbocycles. The van der Waals surface area contributed by atoms with Crippen LogP contribution < -0.4 is 4.90 Å². The minimum atomic E-state index is -0.728. The summed E-state index contributed by atoms with van der Waals surface area (Å²) in [6, 6.07) is 4.35. The van der Waals surface area contributed by atoms with Crippen LogP contribution in [0.15, 0.2) is 17.2 Å². The highest BCUT2D eigenvalue weighted by Gasteiger charge is 2.33. The van der Waals surface area contributed by atoms with Crippen molar-refractivity contribution in [3.63, 3.8) is 0 Å². The fourth-order valence-electron chi connectivity index (χ4n) is 5.29. The second kappa shape index (κ2) is 11.6. The Bertz CT molecular complexity index is 823. The van der Waals surface area contributed by atoms with E-state index in [1.807, 2.05) is 12.1 Å². The van der Waals surface area contributed by atoms with E-state index in [0.29, 0.717) is 12.0 Å². The average molecular weight is 474 g/mol. The number of hydrogen-bond acceptors (Lipinski definition) is 5. The number of aromatic nitrogens is 1. The molecule has 6 nitrogen and oxygen atoms in total. The van der Waals surface area contributed by atoms with E-state index in [0.717, 1.165) is 73.9 Å². The minimum absolute atomic E-state index is 0.159. The number of carbonyl (C=O) groups is 2. The van der Waals surface area contributed by atoms with Crippen LogP contribution in [0.4, 0.5) is 5.82 Å². The van der Waals surface area contributed by atoms with Gasteiger partial charge in [0.1, 0.15) is 10.8 Å². The highest BCUT2D eigenvalue weighted by Crippen LogP contribution is 2.35. The van der Waals surface area contributed by atoms with Gasteiger partial charge in [-0.15, -0.1) is 11.8 Å². The van der Waals surface area contributed by atoms with E-state index in [2.05, 4.69) is 16.7 Å². The van der Waals surface area contributed by atoms with Gasteiger partial charge in [-0.05, 0) is 74.7 Å². The number of piperidine rings is 1. The standard InChI is InChI=1S/C26H39N3O3S/c1-2-15-33-25-22(26(32)29(18-19-10-11-19)21-8-4-3-5-9-21)12-13-23(27-25)28-14-6-7-20(17-28)16-24(30)31/h12-13,19-21H,2-11,14-18H2,1H3,(H,30,31)/t20-/m0/s1. The van der Waals surface area contributed by atoms with Gasteiger partial charge in [-0.25, -0.2) is 4.98 Å². The van der Waals surface area contributed by atoms with Crippen molar-refractivity contribution >= 4 is 29.5 Å². The molecule has 0 aromatic carbocycles. The highest BCUT2D eigenvalue weighted by atomic mass is 32.2. The largest absolute Gasteiger partial charge is 0.481 e. The molecule has 4 rings (SSSR count). The molecule has 1 saturated heterocycles. The van der Waals surface area contributed by atoms with Crippen LogP contribution in [0.5, 0.6) is 0 Å². The highest BCUT2D eigenvalue weighted by molar-refractivity contribution is 7.99. The maximum Gasteiger partial charge on any atom is 0.303 e. The number of nitrogens with zero attached hydrogens (tertiary/aromatic N) is 3. The van der Waals surface area contributed by atoms with Crippen molar-refractivity contribution in [2.75, 3.05) is 30.3 Å². The van der Waals surface area contributed by atoms with Crippen molar-refractivity contribution in [1.82, 2.24) is 9.88 Å². The van der Waals surface area contributed by atoms with Gasteiger partial charge in [0.25, 0.3) is 5.91 Å². The van der Waals surface area contributed by atoms with Crippen LogP contribution in [0.25, 0.3) is 0 Å². The zero-order chi connectivity index (χ0) is 23.2. The number of pyridine rings is 1. The van der Waals surface area contributed by atoms with Gasteiger partial charge in [0, 0.05) is 32.1 Å². The van der Waals surface area contributed by atoms with Gasteiger partial charge in [0.2, 0.25) is 0 Å². The van der Waals surface area contributed by atoms with Crippen molar-refractivity contribution in [2.24, 2.45) is 11.8 Å². The summed E-state index contributed by atoms with van der Waals surface area (Å²) in [7, 11) is 0. The maximum atomic E-state index is 13.8. The molecular formula is C26H39N3O3S. The van der Waals surface area contributed by atoms with Crippen LogP contribution in [-0.4, -0.2) is 58.3 Å². The summed E-state index contributed by atoms with van der Waals surface area (Å²) in [5.74, 6) is 2.08. The van der Waals surface area contributed by atoms with Gasteiger partial charge in [-0.2, -0.15) is 0 Å². The van der Waals surface area contributed by atoms with Crippen LogP contribution in [-0.2, 0) is 4.79 Å². The second-order valence-electron chi connectivity index (χ2n) is 10.1. The van der Waals surface area contributed by atoms with Gasteiger partial charge in [0.15, 0.2) is 0 Å². The van der Waals surface area contributed by atoms with Crippen molar-refractivity contribution in [1.29, 1.82) is 0 Å². The molecule has 1 N–H and O–H groups in total. The smallest absolute Gasteiger partial charge is 0.303 e. The van der Waals surface area contributed by atoms with Crippen LogP contribution in [0.1, 0.15) is 87.9 Å². The van der Waals surface area contributed by atoms with E-state index >= 15 is 0 Å². The predicted molar refractivity (Wildman–Crippen MR) is 133 cm³/mol. The Morgan fingerprint density at radius 1 is 1.09 bits per heavy atom. The summed E-state index contributed by atoms with van der Waals surface area (Å²) in [5, 5.41) is 10.1. The lowest BCUT2D eigenvalue weighted by Gasteiger charge is -2.35.